The average Bonchev–Trinajstić information content (AvgIpc) is 2.85. The molecule has 1 aliphatic rings. The van der Waals surface area contributed by atoms with E-state index in [-0.39, 0.29) is 17.9 Å². The lowest BCUT2D eigenvalue weighted by atomic mass is 9.89. The molecule has 0 saturated carbocycles. The van der Waals surface area contributed by atoms with Crippen LogP contribution in [0.4, 0.5) is 5.69 Å². The number of fused-ring (bicyclic) bond motifs is 1. The molecule has 0 radical (unpaired) electrons. The Hall–Kier alpha value is -1.88. The van der Waals surface area contributed by atoms with Gasteiger partial charge in [-0.3, -0.25) is 9.59 Å². The number of nitrogens with zero attached hydrogens (tertiary/aromatic N) is 2. The molecule has 132 valence electrons. The molecule has 2 amide bonds. The molecule has 0 fully saturated rings. The summed E-state index contributed by atoms with van der Waals surface area (Å²) < 4.78 is 0. The monoisotopic (exact) mass is 331 g/mol. The molecule has 0 bridgehead atoms. The molecule has 1 aromatic carbocycles. The van der Waals surface area contributed by atoms with Gasteiger partial charge in [0.25, 0.3) is 0 Å². The van der Waals surface area contributed by atoms with Crippen molar-refractivity contribution >= 4 is 17.5 Å². The highest BCUT2D eigenvalue weighted by Crippen LogP contribution is 2.35. The van der Waals surface area contributed by atoms with E-state index in [4.69, 9.17) is 0 Å². The first-order chi connectivity index (χ1) is 11.2. The maximum absolute atomic E-state index is 13.1. The Labute approximate surface area is 145 Å². The smallest absolute Gasteiger partial charge is 0.242 e. The van der Waals surface area contributed by atoms with Crippen LogP contribution in [0.1, 0.15) is 32.8 Å². The van der Waals surface area contributed by atoms with Crippen molar-refractivity contribution in [1.29, 1.82) is 0 Å². The summed E-state index contributed by atoms with van der Waals surface area (Å²) in [4.78, 5) is 29.5. The fraction of sp³-hybridized carbons (Fsp3) is 0.579. The highest BCUT2D eigenvalue weighted by Gasteiger charge is 2.43. The topological polar surface area (TPSA) is 52.7 Å². The van der Waals surface area contributed by atoms with Crippen LogP contribution in [0.5, 0.6) is 0 Å². The molecular formula is C19H29N3O2. The zero-order valence-corrected chi connectivity index (χ0v) is 15.4. The van der Waals surface area contributed by atoms with Crippen molar-refractivity contribution in [2.75, 3.05) is 32.1 Å². The van der Waals surface area contributed by atoms with Gasteiger partial charge in [0.05, 0.1) is 0 Å². The van der Waals surface area contributed by atoms with Gasteiger partial charge in [-0.2, -0.15) is 0 Å². The van der Waals surface area contributed by atoms with E-state index in [9.17, 15) is 9.59 Å². The number of carbonyl (C=O) groups excluding carboxylic acids is 2. The molecule has 2 rings (SSSR count). The summed E-state index contributed by atoms with van der Waals surface area (Å²) in [5.41, 5.74) is 1.02. The molecule has 1 unspecified atom stereocenters. The maximum Gasteiger partial charge on any atom is 0.242 e. The fourth-order valence-electron chi connectivity index (χ4n) is 3.09. The van der Waals surface area contributed by atoms with Gasteiger partial charge in [0, 0.05) is 18.3 Å². The van der Waals surface area contributed by atoms with E-state index in [2.05, 4.69) is 10.2 Å². The van der Waals surface area contributed by atoms with Crippen molar-refractivity contribution < 1.29 is 9.59 Å². The Morgan fingerprint density at radius 2 is 1.96 bits per heavy atom. The predicted molar refractivity (Wildman–Crippen MR) is 97.1 cm³/mol. The Bertz CT molecular complexity index is 610. The predicted octanol–water partition coefficient (Wildman–Crippen LogP) is 2.06. The van der Waals surface area contributed by atoms with Crippen LogP contribution in [0.3, 0.4) is 0 Å². The van der Waals surface area contributed by atoms with Crippen LogP contribution in [-0.4, -0.2) is 49.9 Å². The summed E-state index contributed by atoms with van der Waals surface area (Å²) in [6.07, 6.45) is 1.70. The first-order valence-corrected chi connectivity index (χ1v) is 8.59. The van der Waals surface area contributed by atoms with Crippen LogP contribution in [0.25, 0.3) is 0 Å². The molecule has 0 saturated heterocycles. The number of hydrogen-bond acceptors (Lipinski definition) is 3. The van der Waals surface area contributed by atoms with Gasteiger partial charge in [0.1, 0.15) is 5.41 Å². The Morgan fingerprint density at radius 1 is 1.29 bits per heavy atom. The van der Waals surface area contributed by atoms with Crippen molar-refractivity contribution in [3.05, 3.63) is 29.8 Å². The number of nitrogens with one attached hydrogen (secondary N) is 1. The van der Waals surface area contributed by atoms with Crippen LogP contribution in [0.2, 0.25) is 0 Å². The molecule has 1 heterocycles. The third-order valence-corrected chi connectivity index (χ3v) is 4.60. The van der Waals surface area contributed by atoms with Gasteiger partial charge in [-0.25, -0.2) is 0 Å². The van der Waals surface area contributed by atoms with E-state index >= 15 is 0 Å². The number of amides is 2. The molecule has 24 heavy (non-hydrogen) atoms. The van der Waals surface area contributed by atoms with Crippen molar-refractivity contribution in [1.82, 2.24) is 10.2 Å². The number of rotatable bonds is 6. The lowest BCUT2D eigenvalue weighted by Gasteiger charge is -2.31. The summed E-state index contributed by atoms with van der Waals surface area (Å²) >= 11 is 0. The molecule has 1 aromatic rings. The van der Waals surface area contributed by atoms with E-state index in [0.717, 1.165) is 25.1 Å². The molecular weight excluding hydrogens is 302 g/mol. The summed E-state index contributed by atoms with van der Waals surface area (Å²) in [5.74, 6) is -0.340. The van der Waals surface area contributed by atoms with E-state index in [1.807, 2.05) is 45.3 Å². The molecule has 1 aliphatic heterocycles. The fourth-order valence-corrected chi connectivity index (χ4v) is 3.09. The molecule has 0 aliphatic carbocycles. The number of carbonyl (C=O) groups is 2. The average molecular weight is 331 g/mol. The number of para-hydroxylation sites is 1. The van der Waals surface area contributed by atoms with Gasteiger partial charge in [0.2, 0.25) is 11.8 Å². The quantitative estimate of drug-likeness (QED) is 0.641. The second kappa shape index (κ2) is 7.34. The molecule has 1 atom stereocenters. The normalized spacial score (nSPS) is 17.1. The second-order valence-corrected chi connectivity index (χ2v) is 7.39. The van der Waals surface area contributed by atoms with E-state index in [1.165, 1.54) is 5.56 Å². The summed E-state index contributed by atoms with van der Waals surface area (Å²) in [6.45, 7) is 6.95. The molecule has 5 nitrogen and oxygen atoms in total. The SMILES string of the molecule is CC1Cc2ccccc2N1C(=O)C(C)(C)C(=O)NCCCN(C)C. The zero-order valence-electron chi connectivity index (χ0n) is 15.4. The largest absolute Gasteiger partial charge is 0.355 e. The van der Waals surface area contributed by atoms with E-state index < -0.39 is 5.41 Å². The zero-order chi connectivity index (χ0) is 17.9. The number of benzene rings is 1. The van der Waals surface area contributed by atoms with Crippen LogP contribution >= 0.6 is 0 Å². The van der Waals surface area contributed by atoms with Crippen molar-refractivity contribution in [3.63, 3.8) is 0 Å². The van der Waals surface area contributed by atoms with Gasteiger partial charge >= 0.3 is 0 Å². The maximum atomic E-state index is 13.1. The minimum absolute atomic E-state index is 0.0794. The molecule has 0 aromatic heterocycles. The van der Waals surface area contributed by atoms with E-state index in [0.29, 0.717) is 6.54 Å². The highest BCUT2D eigenvalue weighted by molar-refractivity contribution is 6.12. The Kier molecular flexibility index (Phi) is 5.65. The van der Waals surface area contributed by atoms with Gasteiger partial charge in [-0.15, -0.1) is 0 Å². The molecule has 1 N–H and O–H groups in total. The minimum atomic E-state index is -1.08. The van der Waals surface area contributed by atoms with Gasteiger partial charge < -0.3 is 15.1 Å². The van der Waals surface area contributed by atoms with Gasteiger partial charge in [-0.05, 0) is 65.9 Å². The van der Waals surface area contributed by atoms with Crippen LogP contribution in [0, 0.1) is 5.41 Å². The summed E-state index contributed by atoms with van der Waals surface area (Å²) in [5, 5.41) is 2.91. The molecule has 0 spiro atoms. The lowest BCUT2D eigenvalue weighted by molar-refractivity contribution is -0.139. The van der Waals surface area contributed by atoms with E-state index in [1.54, 1.807) is 18.7 Å². The first kappa shape index (κ1) is 18.5. The highest BCUT2D eigenvalue weighted by atomic mass is 16.2. The van der Waals surface area contributed by atoms with Crippen molar-refractivity contribution in [2.45, 2.75) is 39.7 Å². The summed E-state index contributed by atoms with van der Waals surface area (Å²) in [7, 11) is 4.00. The van der Waals surface area contributed by atoms with Crippen LogP contribution in [-0.2, 0) is 16.0 Å². The first-order valence-electron chi connectivity index (χ1n) is 8.59. The van der Waals surface area contributed by atoms with Crippen LogP contribution < -0.4 is 10.2 Å². The minimum Gasteiger partial charge on any atom is -0.355 e. The molecule has 5 heteroatoms. The number of hydrogen-bond donors (Lipinski definition) is 1. The van der Waals surface area contributed by atoms with Crippen molar-refractivity contribution in [3.8, 4) is 0 Å². The third-order valence-electron chi connectivity index (χ3n) is 4.60. The lowest BCUT2D eigenvalue weighted by Crippen LogP contribution is -2.51. The summed E-state index contributed by atoms with van der Waals surface area (Å²) in [6, 6.07) is 8.01. The van der Waals surface area contributed by atoms with Crippen molar-refractivity contribution in [2.24, 2.45) is 5.41 Å². The van der Waals surface area contributed by atoms with Crippen LogP contribution in [0.15, 0.2) is 24.3 Å². The van der Waals surface area contributed by atoms with Gasteiger partial charge in [0.15, 0.2) is 0 Å². The number of anilines is 1. The Morgan fingerprint density at radius 3 is 2.62 bits per heavy atom. The second-order valence-electron chi connectivity index (χ2n) is 7.39. The standard InChI is InChI=1S/C19H29N3O2/c1-14-13-15-9-6-7-10-16(15)22(14)18(24)19(2,3)17(23)20-11-8-12-21(4)5/h6-7,9-10,14H,8,11-13H2,1-5H3,(H,20,23). The third kappa shape index (κ3) is 3.78. The Balaban J connectivity index is 2.06. The van der Waals surface area contributed by atoms with Gasteiger partial charge in [-0.1, -0.05) is 18.2 Å².